The van der Waals surface area contributed by atoms with Gasteiger partial charge in [0.05, 0.1) is 19.8 Å². The Bertz CT molecular complexity index is 565. The van der Waals surface area contributed by atoms with E-state index in [0.717, 1.165) is 11.1 Å². The molecule has 2 aromatic rings. The van der Waals surface area contributed by atoms with E-state index in [-0.39, 0.29) is 5.69 Å². The van der Waals surface area contributed by atoms with Crippen LogP contribution in [0.25, 0.3) is 10.6 Å². The highest BCUT2D eigenvalue weighted by Crippen LogP contribution is 2.24. The number of ether oxygens (including phenoxy) is 2. The van der Waals surface area contributed by atoms with Crippen LogP contribution in [0.5, 0.6) is 0 Å². The maximum Gasteiger partial charge on any atom is 0.355 e. The number of carboxylic acids is 1. The number of benzene rings is 1. The summed E-state index contributed by atoms with van der Waals surface area (Å²) in [5, 5.41) is 11.1. The summed E-state index contributed by atoms with van der Waals surface area (Å²) in [4.78, 5) is 14.9. The highest BCUT2D eigenvalue weighted by molar-refractivity contribution is 7.13. The Morgan fingerprint density at radius 2 is 2.05 bits per heavy atom. The molecule has 1 N–H and O–H groups in total. The average Bonchev–Trinajstić information content (AvgIpc) is 2.94. The van der Waals surface area contributed by atoms with Gasteiger partial charge < -0.3 is 14.6 Å². The first-order valence-corrected chi connectivity index (χ1v) is 6.93. The molecule has 0 atom stereocenters. The number of hydrogen-bond donors (Lipinski definition) is 1. The zero-order valence-corrected chi connectivity index (χ0v) is 11.9. The Morgan fingerprint density at radius 3 is 2.65 bits per heavy atom. The molecule has 0 saturated carbocycles. The SMILES string of the molecule is COCCOCc1ccc(-c2nc(C(=O)O)cs2)cc1. The van der Waals surface area contributed by atoms with E-state index in [1.54, 1.807) is 12.5 Å². The molecule has 0 bridgehead atoms. The van der Waals surface area contributed by atoms with Crippen LogP contribution in [-0.2, 0) is 16.1 Å². The van der Waals surface area contributed by atoms with Gasteiger partial charge in [0.1, 0.15) is 5.01 Å². The molecule has 2 rings (SSSR count). The number of aromatic nitrogens is 1. The summed E-state index contributed by atoms with van der Waals surface area (Å²) in [6, 6.07) is 7.73. The van der Waals surface area contributed by atoms with Crippen LogP contribution in [0, 0.1) is 0 Å². The van der Waals surface area contributed by atoms with E-state index < -0.39 is 5.97 Å². The second-order valence-corrected chi connectivity index (χ2v) is 4.94. The van der Waals surface area contributed by atoms with Crippen molar-refractivity contribution in [3.63, 3.8) is 0 Å². The molecular weight excluding hydrogens is 278 g/mol. The van der Waals surface area contributed by atoms with Gasteiger partial charge in [-0.05, 0) is 5.56 Å². The number of methoxy groups -OCH3 is 1. The third kappa shape index (κ3) is 3.86. The lowest BCUT2D eigenvalue weighted by molar-refractivity contribution is 0.0617. The second-order valence-electron chi connectivity index (χ2n) is 4.09. The molecule has 0 saturated heterocycles. The van der Waals surface area contributed by atoms with Crippen molar-refractivity contribution in [3.05, 3.63) is 40.9 Å². The predicted octanol–water partition coefficient (Wildman–Crippen LogP) is 2.67. The number of thiazole rings is 1. The van der Waals surface area contributed by atoms with Gasteiger partial charge in [0.2, 0.25) is 0 Å². The second kappa shape index (κ2) is 7.14. The summed E-state index contributed by atoms with van der Waals surface area (Å²) in [5.74, 6) is -1.00. The summed E-state index contributed by atoms with van der Waals surface area (Å²) < 4.78 is 10.3. The first-order chi connectivity index (χ1) is 9.70. The summed E-state index contributed by atoms with van der Waals surface area (Å²) in [7, 11) is 1.64. The molecule has 1 aromatic heterocycles. The molecule has 5 nitrogen and oxygen atoms in total. The topological polar surface area (TPSA) is 68.7 Å². The fraction of sp³-hybridized carbons (Fsp3) is 0.286. The van der Waals surface area contributed by atoms with E-state index >= 15 is 0 Å². The molecule has 0 amide bonds. The van der Waals surface area contributed by atoms with E-state index in [4.69, 9.17) is 14.6 Å². The van der Waals surface area contributed by atoms with Crippen LogP contribution >= 0.6 is 11.3 Å². The number of rotatable bonds is 7. The molecule has 0 aliphatic carbocycles. The number of aromatic carboxylic acids is 1. The Kier molecular flexibility index (Phi) is 5.23. The van der Waals surface area contributed by atoms with Gasteiger partial charge in [-0.1, -0.05) is 24.3 Å². The normalized spacial score (nSPS) is 10.7. The van der Waals surface area contributed by atoms with Crippen LogP contribution in [0.1, 0.15) is 16.1 Å². The number of hydrogen-bond acceptors (Lipinski definition) is 5. The van der Waals surface area contributed by atoms with Crippen molar-refractivity contribution in [2.75, 3.05) is 20.3 Å². The molecule has 0 aliphatic rings. The van der Waals surface area contributed by atoms with Crippen LogP contribution in [0.15, 0.2) is 29.6 Å². The lowest BCUT2D eigenvalue weighted by Gasteiger charge is -2.04. The van der Waals surface area contributed by atoms with E-state index in [2.05, 4.69) is 4.98 Å². The van der Waals surface area contributed by atoms with Crippen LogP contribution in [-0.4, -0.2) is 36.4 Å². The van der Waals surface area contributed by atoms with Gasteiger partial charge in [-0.25, -0.2) is 9.78 Å². The van der Waals surface area contributed by atoms with Crippen LogP contribution < -0.4 is 0 Å². The van der Waals surface area contributed by atoms with Crippen molar-refractivity contribution in [2.24, 2.45) is 0 Å². The number of carbonyl (C=O) groups is 1. The van der Waals surface area contributed by atoms with Crippen molar-refractivity contribution in [3.8, 4) is 10.6 Å². The minimum absolute atomic E-state index is 0.0805. The smallest absolute Gasteiger partial charge is 0.355 e. The van der Waals surface area contributed by atoms with Gasteiger partial charge in [-0.2, -0.15) is 0 Å². The first kappa shape index (κ1) is 14.6. The van der Waals surface area contributed by atoms with Gasteiger partial charge in [-0.15, -0.1) is 11.3 Å². The molecule has 0 unspecified atom stereocenters. The first-order valence-electron chi connectivity index (χ1n) is 6.05. The fourth-order valence-corrected chi connectivity index (χ4v) is 2.38. The Balaban J connectivity index is 1.98. The molecule has 0 aliphatic heterocycles. The van der Waals surface area contributed by atoms with Crippen molar-refractivity contribution in [1.82, 2.24) is 4.98 Å². The van der Waals surface area contributed by atoms with Gasteiger partial charge in [0.15, 0.2) is 5.69 Å². The van der Waals surface area contributed by atoms with Crippen LogP contribution in [0.4, 0.5) is 0 Å². The summed E-state index contributed by atoms with van der Waals surface area (Å²) in [5.41, 5.74) is 2.04. The zero-order valence-electron chi connectivity index (χ0n) is 11.0. The van der Waals surface area contributed by atoms with E-state index in [9.17, 15) is 4.79 Å². The average molecular weight is 293 g/mol. The van der Waals surface area contributed by atoms with Gasteiger partial charge in [0.25, 0.3) is 0 Å². The maximum absolute atomic E-state index is 10.8. The molecule has 0 radical (unpaired) electrons. The maximum atomic E-state index is 10.8. The summed E-state index contributed by atoms with van der Waals surface area (Å²) in [6.07, 6.45) is 0. The van der Waals surface area contributed by atoms with E-state index in [0.29, 0.717) is 24.8 Å². The summed E-state index contributed by atoms with van der Waals surface area (Å²) in [6.45, 7) is 1.67. The molecule has 1 heterocycles. The molecule has 0 fully saturated rings. The highest BCUT2D eigenvalue weighted by Gasteiger charge is 2.09. The Morgan fingerprint density at radius 1 is 1.30 bits per heavy atom. The largest absolute Gasteiger partial charge is 0.476 e. The van der Waals surface area contributed by atoms with E-state index in [1.807, 2.05) is 24.3 Å². The van der Waals surface area contributed by atoms with Crippen molar-refractivity contribution >= 4 is 17.3 Å². The number of nitrogens with zero attached hydrogens (tertiary/aromatic N) is 1. The quantitative estimate of drug-likeness (QED) is 0.795. The van der Waals surface area contributed by atoms with Crippen LogP contribution in [0.3, 0.4) is 0 Å². The molecule has 0 spiro atoms. The van der Waals surface area contributed by atoms with Crippen LogP contribution in [0.2, 0.25) is 0 Å². The lowest BCUT2D eigenvalue weighted by Crippen LogP contribution is -2.01. The van der Waals surface area contributed by atoms with Gasteiger partial charge >= 0.3 is 5.97 Å². The molecule has 106 valence electrons. The minimum atomic E-state index is -1.00. The third-order valence-corrected chi connectivity index (χ3v) is 3.52. The van der Waals surface area contributed by atoms with Crippen molar-refractivity contribution in [1.29, 1.82) is 0 Å². The highest BCUT2D eigenvalue weighted by atomic mass is 32.1. The Hall–Kier alpha value is -1.76. The Labute approximate surface area is 120 Å². The molecule has 6 heteroatoms. The zero-order chi connectivity index (χ0) is 14.4. The lowest BCUT2D eigenvalue weighted by atomic mass is 10.1. The monoisotopic (exact) mass is 293 g/mol. The standard InChI is InChI=1S/C14H15NO4S/c1-18-6-7-19-8-10-2-4-11(5-3-10)13-15-12(9-20-13)14(16)17/h2-5,9H,6-8H2,1H3,(H,16,17). The van der Waals surface area contributed by atoms with Gasteiger partial charge in [-0.3, -0.25) is 0 Å². The summed E-state index contributed by atoms with van der Waals surface area (Å²) >= 11 is 1.32. The third-order valence-electron chi connectivity index (χ3n) is 2.62. The number of carboxylic acid groups (broad SMARTS) is 1. The molecular formula is C14H15NO4S. The minimum Gasteiger partial charge on any atom is -0.476 e. The molecule has 1 aromatic carbocycles. The van der Waals surface area contributed by atoms with Gasteiger partial charge in [0, 0.05) is 18.1 Å². The fourth-order valence-electron chi connectivity index (χ4n) is 1.58. The van der Waals surface area contributed by atoms with E-state index in [1.165, 1.54) is 11.3 Å². The predicted molar refractivity (Wildman–Crippen MR) is 76.0 cm³/mol. The van der Waals surface area contributed by atoms with Crippen molar-refractivity contribution < 1.29 is 19.4 Å². The molecule has 20 heavy (non-hydrogen) atoms. The van der Waals surface area contributed by atoms with Crippen molar-refractivity contribution in [2.45, 2.75) is 6.61 Å².